The molecule has 9 nitrogen and oxygen atoms in total. The van der Waals surface area contributed by atoms with Crippen LogP contribution in [0.15, 0.2) is 12.4 Å². The number of carbonyl (C=O) groups is 2. The zero-order valence-electron chi connectivity index (χ0n) is 10.4. The molecule has 0 atom stereocenters. The van der Waals surface area contributed by atoms with Crippen molar-refractivity contribution in [2.45, 2.75) is 6.92 Å². The number of rotatable bonds is 3. The van der Waals surface area contributed by atoms with E-state index in [0.29, 0.717) is 0 Å². The van der Waals surface area contributed by atoms with E-state index >= 15 is 0 Å². The van der Waals surface area contributed by atoms with E-state index in [2.05, 4.69) is 15.4 Å². The van der Waals surface area contributed by atoms with Crippen LogP contribution in [-0.2, 0) is 11.8 Å². The molecule has 19 heavy (non-hydrogen) atoms. The fourth-order valence-corrected chi connectivity index (χ4v) is 1.44. The van der Waals surface area contributed by atoms with Gasteiger partial charge in [0.05, 0.1) is 19.0 Å². The number of hydrogen-bond acceptors (Lipinski definition) is 7. The van der Waals surface area contributed by atoms with Crippen molar-refractivity contribution >= 4 is 17.7 Å². The van der Waals surface area contributed by atoms with Crippen molar-refractivity contribution in [2.24, 2.45) is 7.05 Å². The van der Waals surface area contributed by atoms with Crippen LogP contribution in [0.25, 0.3) is 0 Å². The van der Waals surface area contributed by atoms with E-state index < -0.39 is 11.9 Å². The second kappa shape index (κ2) is 4.88. The van der Waals surface area contributed by atoms with Crippen molar-refractivity contribution in [3.05, 3.63) is 23.7 Å². The number of anilines is 1. The second-order valence-corrected chi connectivity index (χ2v) is 3.66. The summed E-state index contributed by atoms with van der Waals surface area (Å²) in [7, 11) is 1.63. The van der Waals surface area contributed by atoms with E-state index in [1.165, 1.54) is 17.1 Å². The SMILES string of the molecule is CCOC(=O)c1cnn(C(=O)c2cn(C)nn2)c1N. The van der Waals surface area contributed by atoms with E-state index in [-0.39, 0.29) is 23.7 Å². The van der Waals surface area contributed by atoms with Crippen LogP contribution in [0.4, 0.5) is 5.82 Å². The molecule has 2 aromatic rings. The number of ether oxygens (including phenoxy) is 1. The van der Waals surface area contributed by atoms with E-state index in [1.807, 2.05) is 0 Å². The highest BCUT2D eigenvalue weighted by molar-refractivity contribution is 6.00. The Balaban J connectivity index is 2.32. The van der Waals surface area contributed by atoms with E-state index in [9.17, 15) is 9.59 Å². The minimum atomic E-state index is -0.627. The first-order chi connectivity index (χ1) is 9.04. The van der Waals surface area contributed by atoms with Crippen molar-refractivity contribution in [3.63, 3.8) is 0 Å². The van der Waals surface area contributed by atoms with Gasteiger partial charge in [0, 0.05) is 7.05 Å². The molecule has 2 aromatic heterocycles. The summed E-state index contributed by atoms with van der Waals surface area (Å²) in [4.78, 5) is 23.6. The molecule has 0 bridgehead atoms. The van der Waals surface area contributed by atoms with Crippen LogP contribution in [0.3, 0.4) is 0 Å². The third-order valence-electron chi connectivity index (χ3n) is 2.32. The van der Waals surface area contributed by atoms with Crippen LogP contribution in [-0.4, -0.2) is 43.3 Å². The molecule has 2 rings (SSSR count). The van der Waals surface area contributed by atoms with Gasteiger partial charge in [-0.05, 0) is 6.92 Å². The highest BCUT2D eigenvalue weighted by atomic mass is 16.5. The quantitative estimate of drug-likeness (QED) is 0.739. The molecule has 100 valence electrons. The molecule has 0 fully saturated rings. The molecule has 0 amide bonds. The summed E-state index contributed by atoms with van der Waals surface area (Å²) in [6.07, 6.45) is 2.61. The minimum absolute atomic E-state index is 0.0408. The maximum atomic E-state index is 12.0. The van der Waals surface area contributed by atoms with Gasteiger partial charge in [-0.1, -0.05) is 5.21 Å². The molecule has 0 saturated carbocycles. The summed E-state index contributed by atoms with van der Waals surface area (Å²) < 4.78 is 7.06. The number of nitrogens with zero attached hydrogens (tertiary/aromatic N) is 5. The summed E-state index contributed by atoms with van der Waals surface area (Å²) >= 11 is 0. The summed E-state index contributed by atoms with van der Waals surface area (Å²) in [5.74, 6) is -1.28. The zero-order valence-corrected chi connectivity index (χ0v) is 10.4. The lowest BCUT2D eigenvalue weighted by Crippen LogP contribution is -2.17. The maximum absolute atomic E-state index is 12.0. The predicted octanol–water partition coefficient (Wildman–Crippen LogP) is -0.541. The molecule has 2 heterocycles. The van der Waals surface area contributed by atoms with Gasteiger partial charge in [0.25, 0.3) is 0 Å². The van der Waals surface area contributed by atoms with Crippen molar-refractivity contribution in [2.75, 3.05) is 12.3 Å². The van der Waals surface area contributed by atoms with Gasteiger partial charge in [0.15, 0.2) is 5.69 Å². The Bertz CT molecular complexity index is 629. The Morgan fingerprint density at radius 1 is 1.47 bits per heavy atom. The molecule has 0 spiro atoms. The maximum Gasteiger partial charge on any atom is 0.343 e. The van der Waals surface area contributed by atoms with Crippen LogP contribution in [0.5, 0.6) is 0 Å². The molecule has 0 radical (unpaired) electrons. The summed E-state index contributed by atoms with van der Waals surface area (Å²) in [5.41, 5.74) is 5.82. The first kappa shape index (κ1) is 12.7. The van der Waals surface area contributed by atoms with Gasteiger partial charge in [-0.25, -0.2) is 4.79 Å². The van der Waals surface area contributed by atoms with Crippen LogP contribution in [0.1, 0.15) is 27.8 Å². The number of aryl methyl sites for hydroxylation is 1. The first-order valence-electron chi connectivity index (χ1n) is 5.46. The number of esters is 1. The molecule has 0 unspecified atom stereocenters. The Morgan fingerprint density at radius 2 is 2.21 bits per heavy atom. The van der Waals surface area contributed by atoms with E-state index in [1.54, 1.807) is 14.0 Å². The third-order valence-corrected chi connectivity index (χ3v) is 2.32. The largest absolute Gasteiger partial charge is 0.462 e. The average Bonchev–Trinajstić information content (AvgIpc) is 2.95. The summed E-state index contributed by atoms with van der Waals surface area (Å²) in [6.45, 7) is 1.88. The molecule has 0 aliphatic rings. The third kappa shape index (κ3) is 2.30. The molecule has 0 saturated heterocycles. The van der Waals surface area contributed by atoms with Crippen LogP contribution < -0.4 is 5.73 Å². The Kier molecular flexibility index (Phi) is 3.27. The minimum Gasteiger partial charge on any atom is -0.462 e. The van der Waals surface area contributed by atoms with E-state index in [4.69, 9.17) is 10.5 Å². The molecule has 0 aliphatic carbocycles. The fourth-order valence-electron chi connectivity index (χ4n) is 1.44. The number of nitrogen functional groups attached to an aromatic ring is 1. The van der Waals surface area contributed by atoms with Crippen LogP contribution >= 0.6 is 0 Å². The van der Waals surface area contributed by atoms with E-state index in [0.717, 1.165) is 4.68 Å². The summed E-state index contributed by atoms with van der Waals surface area (Å²) in [5, 5.41) is 11.1. The van der Waals surface area contributed by atoms with Gasteiger partial charge in [-0.3, -0.25) is 9.48 Å². The Morgan fingerprint density at radius 3 is 2.79 bits per heavy atom. The van der Waals surface area contributed by atoms with Crippen LogP contribution in [0, 0.1) is 0 Å². The topological polar surface area (TPSA) is 118 Å². The molecule has 2 N–H and O–H groups in total. The molecule has 9 heteroatoms. The number of aromatic nitrogens is 5. The number of nitrogens with two attached hydrogens (primary N) is 1. The van der Waals surface area contributed by atoms with Crippen molar-refractivity contribution in [1.29, 1.82) is 0 Å². The molecule has 0 aliphatic heterocycles. The average molecular weight is 264 g/mol. The normalized spacial score (nSPS) is 10.4. The highest BCUT2D eigenvalue weighted by Crippen LogP contribution is 2.13. The van der Waals surface area contributed by atoms with Gasteiger partial charge in [-0.15, -0.1) is 5.10 Å². The monoisotopic (exact) mass is 264 g/mol. The standard InChI is InChI=1S/C10H12N6O3/c1-3-19-10(18)6-4-12-16(8(6)11)9(17)7-5-15(2)14-13-7/h4-5H,3,11H2,1-2H3. The van der Waals surface area contributed by atoms with Crippen molar-refractivity contribution in [1.82, 2.24) is 24.8 Å². The second-order valence-electron chi connectivity index (χ2n) is 3.66. The lowest BCUT2D eigenvalue weighted by Gasteiger charge is -2.01. The lowest BCUT2D eigenvalue weighted by atomic mass is 10.3. The van der Waals surface area contributed by atoms with Gasteiger partial charge in [-0.2, -0.15) is 9.78 Å². The van der Waals surface area contributed by atoms with Crippen LogP contribution in [0.2, 0.25) is 0 Å². The lowest BCUT2D eigenvalue weighted by molar-refractivity contribution is 0.0527. The fraction of sp³-hybridized carbons (Fsp3) is 0.300. The summed E-state index contributed by atoms with van der Waals surface area (Å²) in [6, 6.07) is 0. The predicted molar refractivity (Wildman–Crippen MR) is 63.3 cm³/mol. The number of carbonyl (C=O) groups excluding carboxylic acids is 2. The van der Waals surface area contributed by atoms with Gasteiger partial charge in [0.1, 0.15) is 11.4 Å². The van der Waals surface area contributed by atoms with Gasteiger partial charge >= 0.3 is 11.9 Å². The molecular weight excluding hydrogens is 252 g/mol. The Labute approximate surface area is 107 Å². The molecular formula is C10H12N6O3. The van der Waals surface area contributed by atoms with Gasteiger partial charge < -0.3 is 10.5 Å². The smallest absolute Gasteiger partial charge is 0.343 e. The Hall–Kier alpha value is -2.71. The van der Waals surface area contributed by atoms with Crippen molar-refractivity contribution < 1.29 is 14.3 Å². The molecule has 0 aromatic carbocycles. The highest BCUT2D eigenvalue weighted by Gasteiger charge is 2.22. The number of hydrogen-bond donors (Lipinski definition) is 1. The first-order valence-corrected chi connectivity index (χ1v) is 5.46. The zero-order chi connectivity index (χ0) is 14.0. The van der Waals surface area contributed by atoms with Crippen molar-refractivity contribution in [3.8, 4) is 0 Å². The van der Waals surface area contributed by atoms with Gasteiger partial charge in [0.2, 0.25) is 0 Å².